The van der Waals surface area contributed by atoms with E-state index in [1.165, 1.54) is 6.07 Å². The van der Waals surface area contributed by atoms with Crippen LogP contribution >= 0.6 is 0 Å². The van der Waals surface area contributed by atoms with Gasteiger partial charge in [-0.05, 0) is 47.4 Å². The molecule has 4 rings (SSSR count). The van der Waals surface area contributed by atoms with E-state index in [4.69, 9.17) is 0 Å². The van der Waals surface area contributed by atoms with Gasteiger partial charge in [0.25, 0.3) is 5.69 Å². The molecular formula is C22H21N3O4. The monoisotopic (exact) mass is 391 g/mol. The van der Waals surface area contributed by atoms with Crippen LogP contribution in [0.5, 0.6) is 0 Å². The Morgan fingerprint density at radius 2 is 1.93 bits per heavy atom. The molecule has 1 atom stereocenters. The van der Waals surface area contributed by atoms with Gasteiger partial charge in [0.2, 0.25) is 0 Å². The number of nitrogens with one attached hydrogen (secondary N) is 1. The summed E-state index contributed by atoms with van der Waals surface area (Å²) in [6, 6.07) is 18.4. The van der Waals surface area contributed by atoms with Crippen LogP contribution < -0.4 is 10.2 Å². The Balaban J connectivity index is 1.56. The van der Waals surface area contributed by atoms with Crippen molar-refractivity contribution < 1.29 is 14.8 Å². The van der Waals surface area contributed by atoms with Gasteiger partial charge in [0.15, 0.2) is 0 Å². The van der Waals surface area contributed by atoms with Crippen molar-refractivity contribution in [2.24, 2.45) is 0 Å². The van der Waals surface area contributed by atoms with Crippen molar-refractivity contribution in [1.29, 1.82) is 0 Å². The van der Waals surface area contributed by atoms with Gasteiger partial charge in [-0.25, -0.2) is 4.79 Å². The molecular weight excluding hydrogens is 370 g/mol. The molecule has 1 aliphatic rings. The summed E-state index contributed by atoms with van der Waals surface area (Å²) in [7, 11) is 0. The maximum Gasteiger partial charge on any atom is 0.326 e. The van der Waals surface area contributed by atoms with Gasteiger partial charge in [-0.2, -0.15) is 0 Å². The first-order valence-corrected chi connectivity index (χ1v) is 9.52. The first-order valence-electron chi connectivity index (χ1n) is 9.52. The van der Waals surface area contributed by atoms with Crippen LogP contribution in [-0.4, -0.2) is 28.6 Å². The van der Waals surface area contributed by atoms with Gasteiger partial charge in [-0.15, -0.1) is 0 Å². The molecule has 29 heavy (non-hydrogen) atoms. The maximum absolute atomic E-state index is 11.6. The van der Waals surface area contributed by atoms with Crippen molar-refractivity contribution in [1.82, 2.24) is 0 Å². The van der Waals surface area contributed by atoms with E-state index in [2.05, 4.69) is 5.32 Å². The molecule has 1 heterocycles. The lowest BCUT2D eigenvalue weighted by Crippen LogP contribution is -2.36. The van der Waals surface area contributed by atoms with Crippen LogP contribution in [0.25, 0.3) is 10.8 Å². The molecule has 1 aliphatic heterocycles. The zero-order valence-electron chi connectivity index (χ0n) is 15.7. The molecule has 0 radical (unpaired) electrons. The van der Waals surface area contributed by atoms with E-state index >= 15 is 0 Å². The molecule has 1 unspecified atom stereocenters. The van der Waals surface area contributed by atoms with Crippen LogP contribution in [0.2, 0.25) is 0 Å². The highest BCUT2D eigenvalue weighted by Crippen LogP contribution is 2.34. The third-order valence-corrected chi connectivity index (χ3v) is 5.33. The molecule has 0 spiro atoms. The van der Waals surface area contributed by atoms with Crippen molar-refractivity contribution in [3.63, 3.8) is 0 Å². The second-order valence-electron chi connectivity index (χ2n) is 7.19. The van der Waals surface area contributed by atoms with Gasteiger partial charge in [0, 0.05) is 24.8 Å². The smallest absolute Gasteiger partial charge is 0.326 e. The quantitative estimate of drug-likeness (QED) is 0.477. The number of carboxylic acids is 1. The number of nitro groups is 1. The largest absolute Gasteiger partial charge is 0.480 e. The molecule has 0 saturated carbocycles. The Morgan fingerprint density at radius 3 is 2.69 bits per heavy atom. The molecule has 0 aromatic heterocycles. The minimum absolute atomic E-state index is 0.0593. The Bertz CT molecular complexity index is 1080. The fraction of sp³-hybridized carbons (Fsp3) is 0.227. The highest BCUT2D eigenvalue weighted by atomic mass is 16.6. The normalized spacial score (nSPS) is 16.1. The van der Waals surface area contributed by atoms with E-state index in [1.54, 1.807) is 11.0 Å². The number of aliphatic carboxylic acids is 1. The van der Waals surface area contributed by atoms with Crippen LogP contribution in [0.3, 0.4) is 0 Å². The van der Waals surface area contributed by atoms with E-state index < -0.39 is 16.9 Å². The third kappa shape index (κ3) is 3.85. The molecule has 7 nitrogen and oxygen atoms in total. The third-order valence-electron chi connectivity index (χ3n) is 5.33. The molecule has 1 saturated heterocycles. The second-order valence-corrected chi connectivity index (χ2v) is 7.19. The maximum atomic E-state index is 11.6. The lowest BCUT2D eigenvalue weighted by Gasteiger charge is -2.23. The molecule has 2 N–H and O–H groups in total. The number of benzene rings is 3. The number of rotatable bonds is 6. The summed E-state index contributed by atoms with van der Waals surface area (Å²) in [5.74, 6) is -0.946. The summed E-state index contributed by atoms with van der Waals surface area (Å²) < 4.78 is 0. The molecule has 0 amide bonds. The van der Waals surface area contributed by atoms with Gasteiger partial charge >= 0.3 is 5.97 Å². The van der Waals surface area contributed by atoms with Crippen LogP contribution in [0.15, 0.2) is 60.7 Å². The van der Waals surface area contributed by atoms with Crippen molar-refractivity contribution in [3.8, 4) is 0 Å². The number of fused-ring (bicyclic) bond motifs is 1. The highest BCUT2D eigenvalue weighted by Gasteiger charge is 2.34. The van der Waals surface area contributed by atoms with Gasteiger partial charge < -0.3 is 15.3 Å². The minimum Gasteiger partial charge on any atom is -0.480 e. The average Bonchev–Trinajstić information content (AvgIpc) is 3.22. The zero-order chi connectivity index (χ0) is 20.4. The van der Waals surface area contributed by atoms with E-state index in [-0.39, 0.29) is 5.69 Å². The van der Waals surface area contributed by atoms with E-state index in [0.717, 1.165) is 22.0 Å². The molecule has 148 valence electrons. The van der Waals surface area contributed by atoms with Crippen molar-refractivity contribution in [2.45, 2.75) is 25.4 Å². The number of nitro benzene ring substituents is 1. The average molecular weight is 391 g/mol. The van der Waals surface area contributed by atoms with Crippen molar-refractivity contribution in [2.75, 3.05) is 16.8 Å². The summed E-state index contributed by atoms with van der Waals surface area (Å²) in [5, 5.41) is 26.6. The minimum atomic E-state index is -0.946. The number of nitrogens with zero attached hydrogens (tertiary/aromatic N) is 2. The first-order chi connectivity index (χ1) is 14.0. The standard InChI is InChI=1S/C22H21N3O4/c26-22(27)20-6-3-11-24(20)19-10-7-15(12-21(19)25(28)29)14-23-18-9-8-16-4-1-2-5-17(16)13-18/h1-2,4-5,7-10,12-13,20,23H,3,6,11,14H2,(H,26,27). The van der Waals surface area contributed by atoms with Gasteiger partial charge in [0.05, 0.1) is 4.92 Å². The number of hydrogen-bond acceptors (Lipinski definition) is 5. The fourth-order valence-electron chi connectivity index (χ4n) is 3.88. The topological polar surface area (TPSA) is 95.7 Å². The predicted molar refractivity (Wildman–Crippen MR) is 112 cm³/mol. The van der Waals surface area contributed by atoms with E-state index in [0.29, 0.717) is 31.6 Å². The van der Waals surface area contributed by atoms with E-state index in [9.17, 15) is 20.0 Å². The fourth-order valence-corrected chi connectivity index (χ4v) is 3.88. The van der Waals surface area contributed by atoms with Crippen LogP contribution in [0.4, 0.5) is 17.1 Å². The molecule has 0 bridgehead atoms. The Kier molecular flexibility index (Phi) is 5.03. The molecule has 0 aliphatic carbocycles. The molecule has 7 heteroatoms. The summed E-state index contributed by atoms with van der Waals surface area (Å²) in [4.78, 5) is 24.3. The number of hydrogen-bond donors (Lipinski definition) is 2. The number of anilines is 2. The van der Waals surface area contributed by atoms with Gasteiger partial charge in [0.1, 0.15) is 11.7 Å². The van der Waals surface area contributed by atoms with Crippen molar-refractivity contribution in [3.05, 3.63) is 76.3 Å². The SMILES string of the molecule is O=C(O)C1CCCN1c1ccc(CNc2ccc3ccccc3c2)cc1[N+](=O)[O-]. The lowest BCUT2D eigenvalue weighted by atomic mass is 10.1. The predicted octanol–water partition coefficient (Wildman–Crippen LogP) is 4.41. The summed E-state index contributed by atoms with van der Waals surface area (Å²) >= 11 is 0. The number of carboxylic acid groups (broad SMARTS) is 1. The van der Waals surface area contributed by atoms with E-state index in [1.807, 2.05) is 48.5 Å². The van der Waals surface area contributed by atoms with Crippen LogP contribution in [0, 0.1) is 10.1 Å². The summed E-state index contributed by atoms with van der Waals surface area (Å²) in [6.45, 7) is 0.939. The van der Waals surface area contributed by atoms with Crippen LogP contribution in [-0.2, 0) is 11.3 Å². The Morgan fingerprint density at radius 1 is 1.14 bits per heavy atom. The first kappa shape index (κ1) is 18.7. The lowest BCUT2D eigenvalue weighted by molar-refractivity contribution is -0.384. The second kappa shape index (κ2) is 7.79. The van der Waals surface area contributed by atoms with Gasteiger partial charge in [-0.3, -0.25) is 10.1 Å². The highest BCUT2D eigenvalue weighted by molar-refractivity contribution is 5.85. The molecule has 1 fully saturated rings. The summed E-state index contributed by atoms with van der Waals surface area (Å²) in [5.41, 5.74) is 2.01. The Labute approximate surface area is 167 Å². The van der Waals surface area contributed by atoms with Gasteiger partial charge in [-0.1, -0.05) is 36.4 Å². The van der Waals surface area contributed by atoms with Crippen molar-refractivity contribution >= 4 is 33.8 Å². The molecule has 3 aromatic rings. The zero-order valence-corrected chi connectivity index (χ0v) is 15.7. The molecule has 3 aromatic carbocycles. The summed E-state index contributed by atoms with van der Waals surface area (Å²) in [6.07, 6.45) is 1.21. The Hall–Kier alpha value is -3.61. The van der Waals surface area contributed by atoms with Crippen LogP contribution in [0.1, 0.15) is 18.4 Å². The number of carbonyl (C=O) groups is 1.